The number of halogens is 4. The molecule has 108 valence electrons. The summed E-state index contributed by atoms with van der Waals surface area (Å²) in [5, 5.41) is 9.60. The Morgan fingerprint density at radius 2 is 1.86 bits per heavy atom. The predicted molar refractivity (Wildman–Crippen MR) is 77.2 cm³/mol. The van der Waals surface area contributed by atoms with Crippen LogP contribution in [0.3, 0.4) is 0 Å². The number of alkyl halides is 3. The molecular formula is C15H9ClF3NS. The molecule has 0 unspecified atom stereocenters. The van der Waals surface area contributed by atoms with Crippen molar-refractivity contribution in [2.75, 3.05) is 0 Å². The van der Waals surface area contributed by atoms with Crippen molar-refractivity contribution in [2.45, 2.75) is 16.8 Å². The number of benzene rings is 2. The maximum atomic E-state index is 12.6. The first-order chi connectivity index (χ1) is 9.91. The van der Waals surface area contributed by atoms with Crippen LogP contribution in [0, 0.1) is 11.3 Å². The Bertz CT molecular complexity index is 692. The lowest BCUT2D eigenvalue weighted by atomic mass is 10.1. The van der Waals surface area contributed by atoms with E-state index in [0.717, 1.165) is 17.7 Å². The SMILES string of the molecule is N#Cc1cc(C(F)(F)F)ccc1SCc1ccccc1Cl. The highest BCUT2D eigenvalue weighted by molar-refractivity contribution is 7.98. The quantitative estimate of drug-likeness (QED) is 0.693. The van der Waals surface area contributed by atoms with Crippen molar-refractivity contribution in [3.8, 4) is 6.07 Å². The molecule has 1 nitrogen and oxygen atoms in total. The molecule has 2 rings (SSSR count). The fraction of sp³-hybridized carbons (Fsp3) is 0.133. The zero-order valence-corrected chi connectivity index (χ0v) is 12.2. The zero-order valence-electron chi connectivity index (χ0n) is 10.6. The highest BCUT2D eigenvalue weighted by Gasteiger charge is 2.31. The second-order valence-corrected chi connectivity index (χ2v) is 5.62. The average Bonchev–Trinajstić information content (AvgIpc) is 2.45. The Hall–Kier alpha value is -1.64. The molecule has 2 aromatic carbocycles. The minimum Gasteiger partial charge on any atom is -0.192 e. The Morgan fingerprint density at radius 1 is 1.14 bits per heavy atom. The van der Waals surface area contributed by atoms with E-state index in [2.05, 4.69) is 0 Å². The molecule has 0 atom stereocenters. The van der Waals surface area contributed by atoms with Crippen LogP contribution in [0.5, 0.6) is 0 Å². The number of hydrogen-bond donors (Lipinski definition) is 0. The van der Waals surface area contributed by atoms with Gasteiger partial charge in [-0.2, -0.15) is 18.4 Å². The summed E-state index contributed by atoms with van der Waals surface area (Å²) >= 11 is 7.31. The third kappa shape index (κ3) is 3.93. The lowest BCUT2D eigenvalue weighted by molar-refractivity contribution is -0.137. The highest BCUT2D eigenvalue weighted by Crippen LogP contribution is 2.34. The van der Waals surface area contributed by atoms with Crippen LogP contribution in [0.25, 0.3) is 0 Å². The molecule has 0 saturated heterocycles. The van der Waals surface area contributed by atoms with Crippen molar-refractivity contribution in [3.05, 3.63) is 64.2 Å². The van der Waals surface area contributed by atoms with Crippen molar-refractivity contribution in [3.63, 3.8) is 0 Å². The Labute approximate surface area is 129 Å². The van der Waals surface area contributed by atoms with Gasteiger partial charge in [0.05, 0.1) is 11.1 Å². The van der Waals surface area contributed by atoms with Crippen LogP contribution in [-0.2, 0) is 11.9 Å². The summed E-state index contributed by atoms with van der Waals surface area (Å²) in [6.45, 7) is 0. The molecule has 0 N–H and O–H groups in total. The highest BCUT2D eigenvalue weighted by atomic mass is 35.5. The van der Waals surface area contributed by atoms with Crippen LogP contribution >= 0.6 is 23.4 Å². The summed E-state index contributed by atoms with van der Waals surface area (Å²) in [6, 6.07) is 12.2. The van der Waals surface area contributed by atoms with E-state index in [4.69, 9.17) is 16.9 Å². The van der Waals surface area contributed by atoms with Crippen LogP contribution in [0.15, 0.2) is 47.4 Å². The number of hydrogen-bond acceptors (Lipinski definition) is 2. The van der Waals surface area contributed by atoms with Gasteiger partial charge in [0.1, 0.15) is 6.07 Å². The van der Waals surface area contributed by atoms with Gasteiger partial charge >= 0.3 is 6.18 Å². The van der Waals surface area contributed by atoms with E-state index in [-0.39, 0.29) is 5.56 Å². The van der Waals surface area contributed by atoms with Crippen LogP contribution in [0.2, 0.25) is 5.02 Å². The largest absolute Gasteiger partial charge is 0.416 e. The maximum Gasteiger partial charge on any atom is 0.416 e. The molecule has 0 heterocycles. The summed E-state index contributed by atoms with van der Waals surface area (Å²) in [5.74, 6) is 0.486. The average molecular weight is 328 g/mol. The molecule has 2 aromatic rings. The van der Waals surface area contributed by atoms with Crippen molar-refractivity contribution >= 4 is 23.4 Å². The normalized spacial score (nSPS) is 11.2. The van der Waals surface area contributed by atoms with Crippen LogP contribution in [0.1, 0.15) is 16.7 Å². The summed E-state index contributed by atoms with van der Waals surface area (Å²) in [6.07, 6.45) is -4.45. The number of thioether (sulfide) groups is 1. The molecule has 0 fully saturated rings. The van der Waals surface area contributed by atoms with Crippen molar-refractivity contribution in [2.24, 2.45) is 0 Å². The van der Waals surface area contributed by atoms with E-state index in [9.17, 15) is 13.2 Å². The fourth-order valence-electron chi connectivity index (χ4n) is 1.69. The molecule has 0 radical (unpaired) electrons. The topological polar surface area (TPSA) is 23.8 Å². The molecule has 0 aliphatic heterocycles. The molecule has 0 aliphatic carbocycles. The molecule has 0 bridgehead atoms. The van der Waals surface area contributed by atoms with E-state index >= 15 is 0 Å². The molecule has 0 aromatic heterocycles. The summed E-state index contributed by atoms with van der Waals surface area (Å²) in [7, 11) is 0. The third-order valence-corrected chi connectivity index (χ3v) is 4.26. The number of rotatable bonds is 3. The Morgan fingerprint density at radius 3 is 2.48 bits per heavy atom. The molecule has 21 heavy (non-hydrogen) atoms. The maximum absolute atomic E-state index is 12.6. The van der Waals surface area contributed by atoms with Gasteiger partial charge in [-0.15, -0.1) is 11.8 Å². The van der Waals surface area contributed by atoms with Crippen molar-refractivity contribution in [1.29, 1.82) is 5.26 Å². The van der Waals surface area contributed by atoms with Crippen LogP contribution in [-0.4, -0.2) is 0 Å². The van der Waals surface area contributed by atoms with Gasteiger partial charge in [0.15, 0.2) is 0 Å². The first kappa shape index (κ1) is 15.7. The first-order valence-corrected chi connectivity index (χ1v) is 7.25. The fourth-order valence-corrected chi connectivity index (χ4v) is 2.96. The molecule has 6 heteroatoms. The molecular weight excluding hydrogens is 319 g/mol. The number of nitrogens with zero attached hydrogens (tertiary/aromatic N) is 1. The predicted octanol–water partition coefficient (Wildman–Crippen LogP) is 5.52. The van der Waals surface area contributed by atoms with Gasteiger partial charge in [0.25, 0.3) is 0 Å². The van der Waals surface area contributed by atoms with Gasteiger partial charge in [0.2, 0.25) is 0 Å². The summed E-state index contributed by atoms with van der Waals surface area (Å²) in [5.41, 5.74) is 0.0657. The van der Waals surface area contributed by atoms with Gasteiger partial charge in [-0.25, -0.2) is 0 Å². The lowest BCUT2D eigenvalue weighted by Gasteiger charge is -2.10. The lowest BCUT2D eigenvalue weighted by Crippen LogP contribution is -2.05. The van der Waals surface area contributed by atoms with Gasteiger partial charge < -0.3 is 0 Å². The van der Waals surface area contributed by atoms with E-state index in [1.807, 2.05) is 12.1 Å². The van der Waals surface area contributed by atoms with E-state index in [1.165, 1.54) is 17.8 Å². The van der Waals surface area contributed by atoms with Gasteiger partial charge in [-0.05, 0) is 29.8 Å². The Balaban J connectivity index is 2.22. The van der Waals surface area contributed by atoms with E-state index < -0.39 is 11.7 Å². The van der Waals surface area contributed by atoms with Gasteiger partial charge in [-0.1, -0.05) is 29.8 Å². The van der Waals surface area contributed by atoms with Gasteiger partial charge in [-0.3, -0.25) is 0 Å². The summed E-state index contributed by atoms with van der Waals surface area (Å²) < 4.78 is 37.8. The molecule has 0 saturated carbocycles. The first-order valence-electron chi connectivity index (χ1n) is 5.89. The molecule has 0 amide bonds. The zero-order chi connectivity index (χ0) is 15.5. The Kier molecular flexibility index (Phi) is 4.81. The minimum atomic E-state index is -4.45. The summed E-state index contributed by atoms with van der Waals surface area (Å²) in [4.78, 5) is 0.505. The van der Waals surface area contributed by atoms with E-state index in [0.29, 0.717) is 15.7 Å². The molecule has 0 spiro atoms. The second-order valence-electron chi connectivity index (χ2n) is 4.20. The van der Waals surface area contributed by atoms with Crippen molar-refractivity contribution < 1.29 is 13.2 Å². The standard InChI is InChI=1S/C15H9ClF3NS/c16-13-4-2-1-3-10(13)9-21-14-6-5-12(15(17,18)19)7-11(14)8-20/h1-7H,9H2. The number of nitriles is 1. The monoisotopic (exact) mass is 327 g/mol. The van der Waals surface area contributed by atoms with Crippen molar-refractivity contribution in [1.82, 2.24) is 0 Å². The smallest absolute Gasteiger partial charge is 0.192 e. The second kappa shape index (κ2) is 6.42. The molecule has 0 aliphatic rings. The van der Waals surface area contributed by atoms with Crippen LogP contribution < -0.4 is 0 Å². The van der Waals surface area contributed by atoms with Crippen LogP contribution in [0.4, 0.5) is 13.2 Å². The minimum absolute atomic E-state index is 0.0156. The van der Waals surface area contributed by atoms with Gasteiger partial charge in [0, 0.05) is 15.7 Å². The third-order valence-electron chi connectivity index (χ3n) is 2.77. The van der Waals surface area contributed by atoms with E-state index in [1.54, 1.807) is 18.2 Å².